The van der Waals surface area contributed by atoms with Crippen molar-refractivity contribution >= 4 is 35.0 Å². The van der Waals surface area contributed by atoms with Gasteiger partial charge in [-0.2, -0.15) is 0 Å². The second-order valence-electron chi connectivity index (χ2n) is 6.85. The fraction of sp³-hybridized carbons (Fsp3) is 0.261. The van der Waals surface area contributed by atoms with E-state index in [1.165, 1.54) is 0 Å². The van der Waals surface area contributed by atoms with E-state index in [0.29, 0.717) is 34.0 Å². The van der Waals surface area contributed by atoms with Crippen molar-refractivity contribution in [1.82, 2.24) is 4.90 Å². The van der Waals surface area contributed by atoms with Gasteiger partial charge in [-0.25, -0.2) is 0 Å². The Morgan fingerprint density at radius 1 is 1.10 bits per heavy atom. The van der Waals surface area contributed by atoms with Gasteiger partial charge in [0.25, 0.3) is 5.91 Å². The molecule has 0 saturated carbocycles. The normalized spacial score (nSPS) is 16.6. The summed E-state index contributed by atoms with van der Waals surface area (Å²) >= 11 is 1.56. The van der Waals surface area contributed by atoms with Crippen molar-refractivity contribution in [2.45, 2.75) is 26.3 Å². The van der Waals surface area contributed by atoms with Crippen molar-refractivity contribution in [3.63, 3.8) is 0 Å². The monoisotopic (exact) mass is 408 g/mol. The van der Waals surface area contributed by atoms with Gasteiger partial charge < -0.3 is 10.2 Å². The van der Waals surface area contributed by atoms with Gasteiger partial charge >= 0.3 is 0 Å². The van der Waals surface area contributed by atoms with Gasteiger partial charge in [0.2, 0.25) is 5.91 Å². The molecule has 1 aliphatic rings. The molecular weight excluding hydrogens is 384 g/mol. The fourth-order valence-corrected chi connectivity index (χ4v) is 4.35. The first-order chi connectivity index (χ1) is 14.0. The van der Waals surface area contributed by atoms with Crippen LogP contribution in [-0.2, 0) is 9.59 Å². The van der Waals surface area contributed by atoms with E-state index in [1.54, 1.807) is 60.0 Å². The number of rotatable bonds is 6. The summed E-state index contributed by atoms with van der Waals surface area (Å²) in [6.07, 6.45) is 2.65. The number of carbonyl (C=O) groups excluding carboxylic acids is 3. The highest BCUT2D eigenvalue weighted by Gasteiger charge is 2.35. The highest BCUT2D eigenvalue weighted by atomic mass is 32.2. The molecule has 5 nitrogen and oxygen atoms in total. The molecule has 1 heterocycles. The van der Waals surface area contributed by atoms with Crippen LogP contribution in [0.2, 0.25) is 0 Å². The number of amides is 2. The summed E-state index contributed by atoms with van der Waals surface area (Å²) in [4.78, 5) is 39.7. The smallest absolute Gasteiger partial charge is 0.250 e. The second-order valence-corrected chi connectivity index (χ2v) is 7.85. The first kappa shape index (κ1) is 20.9. The predicted octanol–water partition coefficient (Wildman–Crippen LogP) is 4.11. The van der Waals surface area contributed by atoms with Crippen LogP contribution in [0.3, 0.4) is 0 Å². The van der Waals surface area contributed by atoms with Crippen molar-refractivity contribution in [3.8, 4) is 0 Å². The number of nitrogens with zero attached hydrogens (tertiary/aromatic N) is 1. The molecule has 1 fully saturated rings. The molecule has 1 N–H and O–H groups in total. The van der Waals surface area contributed by atoms with E-state index < -0.39 is 6.04 Å². The van der Waals surface area contributed by atoms with Crippen molar-refractivity contribution in [2.24, 2.45) is 0 Å². The van der Waals surface area contributed by atoms with E-state index in [2.05, 4.69) is 5.32 Å². The van der Waals surface area contributed by atoms with Crippen molar-refractivity contribution in [1.29, 1.82) is 0 Å². The van der Waals surface area contributed by atoms with E-state index in [0.717, 1.165) is 6.42 Å². The zero-order valence-electron chi connectivity index (χ0n) is 16.6. The van der Waals surface area contributed by atoms with Crippen LogP contribution < -0.4 is 5.32 Å². The highest BCUT2D eigenvalue weighted by Crippen LogP contribution is 2.24. The Bertz CT molecular complexity index is 940. The lowest BCUT2D eigenvalue weighted by atomic mass is 10.0. The zero-order chi connectivity index (χ0) is 20.8. The van der Waals surface area contributed by atoms with Crippen LogP contribution in [0, 0.1) is 0 Å². The number of anilines is 1. The van der Waals surface area contributed by atoms with E-state index in [4.69, 9.17) is 0 Å². The maximum Gasteiger partial charge on any atom is 0.250 e. The molecule has 1 aliphatic heterocycles. The van der Waals surface area contributed by atoms with Crippen LogP contribution >= 0.6 is 11.8 Å². The van der Waals surface area contributed by atoms with E-state index in [-0.39, 0.29) is 17.6 Å². The minimum atomic E-state index is -0.527. The number of benzene rings is 2. The molecule has 150 valence electrons. The summed E-state index contributed by atoms with van der Waals surface area (Å²) in [6.45, 7) is 3.76. The molecule has 2 aromatic carbocycles. The van der Waals surface area contributed by atoms with Gasteiger partial charge in [-0.15, -0.1) is 11.8 Å². The Kier molecular flexibility index (Phi) is 6.88. The van der Waals surface area contributed by atoms with Gasteiger partial charge in [0.05, 0.1) is 5.88 Å². The standard InChI is InChI=1S/C23H24N2O3S/c1-3-8-16(2)23(28)25-15-29-14-20(25)22(27)24-19-12-7-11-18(13-19)21(26)17-9-5-4-6-10-17/h4-13,20H,3,14-15H2,1-2H3,(H,24,27). The number of carbonyl (C=O) groups is 3. The van der Waals surface area contributed by atoms with Gasteiger partial charge in [-0.1, -0.05) is 55.5 Å². The van der Waals surface area contributed by atoms with Crippen LogP contribution in [0.4, 0.5) is 5.69 Å². The summed E-state index contributed by atoms with van der Waals surface area (Å²) in [5.41, 5.74) is 2.30. The molecule has 1 saturated heterocycles. The summed E-state index contributed by atoms with van der Waals surface area (Å²) in [5.74, 6) is 0.607. The highest BCUT2D eigenvalue weighted by molar-refractivity contribution is 7.99. The summed E-state index contributed by atoms with van der Waals surface area (Å²) in [7, 11) is 0. The topological polar surface area (TPSA) is 66.5 Å². The zero-order valence-corrected chi connectivity index (χ0v) is 17.4. The second kappa shape index (κ2) is 9.56. The number of nitrogens with one attached hydrogen (secondary N) is 1. The third kappa shape index (κ3) is 4.95. The lowest BCUT2D eigenvalue weighted by Gasteiger charge is -2.23. The number of ketones is 1. The van der Waals surface area contributed by atoms with Crippen LogP contribution in [-0.4, -0.2) is 40.2 Å². The molecule has 2 amide bonds. The largest absolute Gasteiger partial charge is 0.324 e. The molecule has 6 heteroatoms. The van der Waals surface area contributed by atoms with E-state index in [1.807, 2.05) is 31.2 Å². The van der Waals surface area contributed by atoms with Gasteiger partial charge in [-0.3, -0.25) is 14.4 Å². The molecule has 0 radical (unpaired) electrons. The lowest BCUT2D eigenvalue weighted by Crippen LogP contribution is -2.44. The quantitative estimate of drug-likeness (QED) is 0.577. The molecular formula is C23H24N2O3S. The fourth-order valence-electron chi connectivity index (χ4n) is 3.20. The molecule has 0 aliphatic carbocycles. The molecule has 0 aromatic heterocycles. The Morgan fingerprint density at radius 2 is 1.83 bits per heavy atom. The van der Waals surface area contributed by atoms with E-state index >= 15 is 0 Å². The van der Waals surface area contributed by atoms with Crippen molar-refractivity contribution in [2.75, 3.05) is 16.9 Å². The van der Waals surface area contributed by atoms with Crippen LogP contribution in [0.15, 0.2) is 66.2 Å². The number of hydrogen-bond acceptors (Lipinski definition) is 4. The lowest BCUT2D eigenvalue weighted by molar-refractivity contribution is -0.133. The van der Waals surface area contributed by atoms with Crippen LogP contribution in [0.5, 0.6) is 0 Å². The Hall–Kier alpha value is -2.86. The van der Waals surface area contributed by atoms with Gasteiger partial charge in [0.1, 0.15) is 6.04 Å². The molecule has 1 atom stereocenters. The molecule has 3 rings (SSSR count). The summed E-state index contributed by atoms with van der Waals surface area (Å²) in [6, 6.07) is 15.4. The molecule has 0 spiro atoms. The first-order valence-electron chi connectivity index (χ1n) is 9.57. The minimum Gasteiger partial charge on any atom is -0.324 e. The number of allylic oxidation sites excluding steroid dienone is 1. The summed E-state index contributed by atoms with van der Waals surface area (Å²) in [5, 5.41) is 2.87. The molecule has 0 bridgehead atoms. The Balaban J connectivity index is 1.73. The maximum absolute atomic E-state index is 12.8. The molecule has 1 unspecified atom stereocenters. The van der Waals surface area contributed by atoms with Crippen molar-refractivity contribution < 1.29 is 14.4 Å². The van der Waals surface area contributed by atoms with Gasteiger partial charge in [0.15, 0.2) is 5.78 Å². The predicted molar refractivity (Wildman–Crippen MR) is 117 cm³/mol. The first-order valence-corrected chi connectivity index (χ1v) is 10.7. The van der Waals surface area contributed by atoms with Crippen LogP contribution in [0.25, 0.3) is 0 Å². The minimum absolute atomic E-state index is 0.102. The van der Waals surface area contributed by atoms with Gasteiger partial charge in [0, 0.05) is 28.1 Å². The van der Waals surface area contributed by atoms with Gasteiger partial charge in [-0.05, 0) is 25.5 Å². The average Bonchev–Trinajstić information content (AvgIpc) is 3.23. The molecule has 29 heavy (non-hydrogen) atoms. The summed E-state index contributed by atoms with van der Waals surface area (Å²) < 4.78 is 0. The van der Waals surface area contributed by atoms with Crippen molar-refractivity contribution in [3.05, 3.63) is 77.4 Å². The third-order valence-electron chi connectivity index (χ3n) is 4.72. The van der Waals surface area contributed by atoms with Crippen LogP contribution in [0.1, 0.15) is 36.2 Å². The maximum atomic E-state index is 12.8. The average molecular weight is 409 g/mol. The number of hydrogen-bond donors (Lipinski definition) is 1. The number of thioether (sulfide) groups is 1. The third-order valence-corrected chi connectivity index (χ3v) is 5.73. The molecule has 2 aromatic rings. The van der Waals surface area contributed by atoms with E-state index in [9.17, 15) is 14.4 Å². The SMILES string of the molecule is CCC=C(C)C(=O)N1CSCC1C(=O)Nc1cccc(C(=O)c2ccccc2)c1. The Labute approximate surface area is 175 Å². The Morgan fingerprint density at radius 3 is 2.55 bits per heavy atom.